The van der Waals surface area contributed by atoms with Gasteiger partial charge in [0, 0.05) is 37.0 Å². The van der Waals surface area contributed by atoms with Crippen LogP contribution >= 0.6 is 11.3 Å². The molecule has 0 bridgehead atoms. The van der Waals surface area contributed by atoms with Crippen LogP contribution in [0.3, 0.4) is 0 Å². The van der Waals surface area contributed by atoms with Crippen LogP contribution in [0, 0.1) is 0 Å². The number of benzene rings is 1. The highest BCUT2D eigenvalue weighted by molar-refractivity contribution is 7.21. The highest BCUT2D eigenvalue weighted by Gasteiger charge is 2.23. The number of fused-ring (bicyclic) bond motifs is 3. The van der Waals surface area contributed by atoms with E-state index in [1.165, 1.54) is 17.8 Å². The van der Waals surface area contributed by atoms with Crippen LogP contribution in [0.2, 0.25) is 0 Å². The minimum atomic E-state index is 0.00456. The van der Waals surface area contributed by atoms with Gasteiger partial charge in [-0.15, -0.1) is 11.3 Å². The topological polar surface area (TPSA) is 58.6 Å². The summed E-state index contributed by atoms with van der Waals surface area (Å²) in [5.41, 5.74) is 1.78. The zero-order valence-electron chi connectivity index (χ0n) is 15.0. The molecule has 4 rings (SSSR count). The van der Waals surface area contributed by atoms with Crippen molar-refractivity contribution in [3.8, 4) is 0 Å². The summed E-state index contributed by atoms with van der Waals surface area (Å²) in [5, 5.41) is 3.94. The Bertz CT molecular complexity index is 839. The first-order valence-corrected chi connectivity index (χ1v) is 10.2. The Morgan fingerprint density at radius 2 is 2.27 bits per heavy atom. The van der Waals surface area contributed by atoms with Crippen LogP contribution in [0.4, 0.5) is 0 Å². The molecule has 2 aromatic rings. The molecule has 0 aliphatic carbocycles. The van der Waals surface area contributed by atoms with E-state index in [1.807, 2.05) is 25.2 Å². The Morgan fingerprint density at radius 1 is 1.38 bits per heavy atom. The van der Waals surface area contributed by atoms with Crippen LogP contribution in [-0.4, -0.2) is 49.6 Å². The highest BCUT2D eigenvalue weighted by atomic mass is 32.1. The van der Waals surface area contributed by atoms with E-state index in [2.05, 4.69) is 5.32 Å². The third-order valence-corrected chi connectivity index (χ3v) is 6.52. The van der Waals surface area contributed by atoms with Gasteiger partial charge in [-0.25, -0.2) is 0 Å². The fraction of sp³-hybridized carbons (Fsp3) is 0.500. The van der Waals surface area contributed by atoms with Gasteiger partial charge in [0.15, 0.2) is 0 Å². The number of amides is 2. The Morgan fingerprint density at radius 3 is 3.08 bits per heavy atom. The van der Waals surface area contributed by atoms with Crippen molar-refractivity contribution in [2.24, 2.45) is 0 Å². The van der Waals surface area contributed by atoms with Gasteiger partial charge in [0.05, 0.1) is 11.0 Å². The predicted octanol–water partition coefficient (Wildman–Crippen LogP) is 3.22. The van der Waals surface area contributed by atoms with Gasteiger partial charge >= 0.3 is 0 Å². The summed E-state index contributed by atoms with van der Waals surface area (Å²) >= 11 is 1.51. The number of nitrogens with one attached hydrogen (secondary N) is 1. The molecule has 3 heterocycles. The Kier molecular flexibility index (Phi) is 4.96. The van der Waals surface area contributed by atoms with Gasteiger partial charge in [0.1, 0.15) is 0 Å². The molecular formula is C20H24N2O3S. The summed E-state index contributed by atoms with van der Waals surface area (Å²) in [5.74, 6) is 0.0350. The minimum Gasteiger partial charge on any atom is -0.378 e. The van der Waals surface area contributed by atoms with Gasteiger partial charge < -0.3 is 15.0 Å². The quantitative estimate of drug-likeness (QED) is 0.896. The lowest BCUT2D eigenvalue weighted by atomic mass is 10.0. The Hall–Kier alpha value is -1.92. The molecule has 2 aliphatic rings. The van der Waals surface area contributed by atoms with Crippen LogP contribution in [0.25, 0.3) is 10.1 Å². The molecule has 0 radical (unpaired) electrons. The summed E-state index contributed by atoms with van der Waals surface area (Å²) in [4.78, 5) is 27.4. The molecule has 2 aliphatic heterocycles. The van der Waals surface area contributed by atoms with Gasteiger partial charge in [-0.1, -0.05) is 0 Å². The van der Waals surface area contributed by atoms with E-state index in [9.17, 15) is 9.59 Å². The molecule has 138 valence electrons. The molecule has 2 amide bonds. The van der Waals surface area contributed by atoms with Crippen molar-refractivity contribution in [2.75, 3.05) is 26.7 Å². The highest BCUT2D eigenvalue weighted by Crippen LogP contribution is 2.34. The molecule has 1 aromatic carbocycles. The van der Waals surface area contributed by atoms with Gasteiger partial charge in [-0.2, -0.15) is 0 Å². The fourth-order valence-corrected chi connectivity index (χ4v) is 4.94. The van der Waals surface area contributed by atoms with Crippen molar-refractivity contribution in [2.45, 2.75) is 38.2 Å². The molecule has 5 nitrogen and oxygen atoms in total. The number of hydrogen-bond donors (Lipinski definition) is 1. The van der Waals surface area contributed by atoms with E-state index in [0.29, 0.717) is 18.7 Å². The number of nitrogens with zero attached hydrogens (tertiary/aromatic N) is 1. The molecule has 1 fully saturated rings. The Labute approximate surface area is 157 Å². The van der Waals surface area contributed by atoms with Crippen LogP contribution < -0.4 is 5.32 Å². The van der Waals surface area contributed by atoms with Crippen molar-refractivity contribution >= 4 is 33.2 Å². The second-order valence-electron chi connectivity index (χ2n) is 7.13. The SMILES string of the molecule is CN(CC[C@H]1CCCCO1)C(=O)c1ccc2sc3c(c2c1)CCNC3=O. The molecule has 26 heavy (non-hydrogen) atoms. The second kappa shape index (κ2) is 7.37. The van der Waals surface area contributed by atoms with E-state index in [-0.39, 0.29) is 17.9 Å². The van der Waals surface area contributed by atoms with Gasteiger partial charge in [0.2, 0.25) is 0 Å². The third-order valence-electron chi connectivity index (χ3n) is 5.31. The van der Waals surface area contributed by atoms with Gasteiger partial charge in [-0.05, 0) is 61.3 Å². The predicted molar refractivity (Wildman–Crippen MR) is 103 cm³/mol. The lowest BCUT2D eigenvalue weighted by Gasteiger charge is -2.25. The molecule has 1 atom stereocenters. The molecule has 6 heteroatoms. The maximum absolute atomic E-state index is 12.8. The molecule has 0 spiro atoms. The number of carbonyl (C=O) groups is 2. The van der Waals surface area contributed by atoms with Crippen LogP contribution in [-0.2, 0) is 11.2 Å². The molecule has 0 unspecified atom stereocenters. The maximum Gasteiger partial charge on any atom is 0.261 e. The van der Waals surface area contributed by atoms with E-state index in [4.69, 9.17) is 4.74 Å². The lowest BCUT2D eigenvalue weighted by Crippen LogP contribution is -2.31. The van der Waals surface area contributed by atoms with E-state index in [1.54, 1.807) is 4.90 Å². The molecular weight excluding hydrogens is 348 g/mol. The average molecular weight is 372 g/mol. The summed E-state index contributed by atoms with van der Waals surface area (Å²) in [6, 6.07) is 5.80. The van der Waals surface area contributed by atoms with Gasteiger partial charge in [0.25, 0.3) is 11.8 Å². The van der Waals surface area contributed by atoms with Crippen molar-refractivity contribution in [1.82, 2.24) is 10.2 Å². The summed E-state index contributed by atoms with van der Waals surface area (Å²) < 4.78 is 6.83. The lowest BCUT2D eigenvalue weighted by molar-refractivity contribution is 0.00709. The Balaban J connectivity index is 1.50. The summed E-state index contributed by atoms with van der Waals surface area (Å²) in [6.07, 6.45) is 5.46. The number of ether oxygens (including phenoxy) is 1. The van der Waals surface area contributed by atoms with E-state index < -0.39 is 0 Å². The standard InChI is InChI=1S/C20H24N2O3S/c1-22(10-8-14-4-2-3-11-25-14)20(24)13-5-6-17-16(12-13)15-7-9-21-19(23)18(15)26-17/h5-6,12,14H,2-4,7-11H2,1H3,(H,21,23)/t14-/m1/s1. The largest absolute Gasteiger partial charge is 0.378 e. The van der Waals surface area contributed by atoms with E-state index in [0.717, 1.165) is 52.8 Å². The fourth-order valence-electron chi connectivity index (χ4n) is 3.79. The molecule has 1 saturated heterocycles. The first-order chi connectivity index (χ1) is 12.6. The van der Waals surface area contributed by atoms with Crippen molar-refractivity contribution < 1.29 is 14.3 Å². The van der Waals surface area contributed by atoms with Crippen molar-refractivity contribution in [3.05, 3.63) is 34.2 Å². The first kappa shape index (κ1) is 17.5. The maximum atomic E-state index is 12.8. The van der Waals surface area contributed by atoms with Crippen LogP contribution in [0.15, 0.2) is 18.2 Å². The summed E-state index contributed by atoms with van der Waals surface area (Å²) in [6.45, 7) is 2.21. The van der Waals surface area contributed by atoms with Gasteiger partial charge in [-0.3, -0.25) is 9.59 Å². The normalized spacial score (nSPS) is 19.9. The van der Waals surface area contributed by atoms with E-state index >= 15 is 0 Å². The second-order valence-corrected chi connectivity index (χ2v) is 8.18. The molecule has 1 aromatic heterocycles. The monoisotopic (exact) mass is 372 g/mol. The molecule has 1 N–H and O–H groups in total. The number of hydrogen-bond acceptors (Lipinski definition) is 4. The number of carbonyl (C=O) groups excluding carboxylic acids is 2. The zero-order chi connectivity index (χ0) is 18.1. The minimum absolute atomic E-state index is 0.00456. The van der Waals surface area contributed by atoms with Crippen molar-refractivity contribution in [1.29, 1.82) is 0 Å². The summed E-state index contributed by atoms with van der Waals surface area (Å²) in [7, 11) is 1.85. The first-order valence-electron chi connectivity index (χ1n) is 9.34. The third kappa shape index (κ3) is 3.35. The average Bonchev–Trinajstić information content (AvgIpc) is 3.06. The van der Waals surface area contributed by atoms with Crippen LogP contribution in [0.5, 0.6) is 0 Å². The zero-order valence-corrected chi connectivity index (χ0v) is 15.9. The van der Waals surface area contributed by atoms with Crippen LogP contribution in [0.1, 0.15) is 51.3 Å². The number of thiophene rings is 1. The molecule has 0 saturated carbocycles. The number of rotatable bonds is 4. The van der Waals surface area contributed by atoms with Crippen molar-refractivity contribution in [3.63, 3.8) is 0 Å². The smallest absolute Gasteiger partial charge is 0.261 e.